The molecule has 1 N–H and O–H groups in total. The molecule has 0 aliphatic carbocycles. The van der Waals surface area contributed by atoms with Crippen LogP contribution in [0.3, 0.4) is 0 Å². The SMILES string of the molecule is CC(C)(C)OC(=O)N1CCN(C(=O)C(F)(F)F)[C@@H](CO)C1. The van der Waals surface area contributed by atoms with E-state index in [0.29, 0.717) is 4.90 Å². The second kappa shape index (κ2) is 6.08. The van der Waals surface area contributed by atoms with Gasteiger partial charge in [-0.2, -0.15) is 13.2 Å². The van der Waals surface area contributed by atoms with Gasteiger partial charge in [-0.3, -0.25) is 4.79 Å². The molecular weight excluding hydrogens is 293 g/mol. The Bertz CT molecular complexity index is 406. The Morgan fingerprint density at radius 2 is 1.81 bits per heavy atom. The van der Waals surface area contributed by atoms with Gasteiger partial charge in [-0.1, -0.05) is 0 Å². The van der Waals surface area contributed by atoms with Crippen LogP contribution in [-0.4, -0.2) is 71.0 Å². The molecule has 1 aliphatic heterocycles. The van der Waals surface area contributed by atoms with Crippen molar-refractivity contribution in [1.82, 2.24) is 9.80 Å². The van der Waals surface area contributed by atoms with Crippen LogP contribution >= 0.6 is 0 Å². The molecule has 1 rings (SSSR count). The number of alkyl halides is 3. The molecular formula is C12H19F3N2O4. The van der Waals surface area contributed by atoms with E-state index < -0.39 is 36.4 Å². The van der Waals surface area contributed by atoms with Gasteiger partial charge >= 0.3 is 18.2 Å². The number of carbonyl (C=O) groups is 2. The van der Waals surface area contributed by atoms with Gasteiger partial charge in [0.25, 0.3) is 0 Å². The lowest BCUT2D eigenvalue weighted by Gasteiger charge is -2.40. The molecule has 1 atom stereocenters. The molecule has 0 aromatic carbocycles. The van der Waals surface area contributed by atoms with Crippen molar-refractivity contribution in [2.75, 3.05) is 26.2 Å². The third-order valence-corrected chi connectivity index (χ3v) is 2.85. The summed E-state index contributed by atoms with van der Waals surface area (Å²) in [6.07, 6.45) is -5.68. The summed E-state index contributed by atoms with van der Waals surface area (Å²) in [7, 11) is 0. The zero-order valence-electron chi connectivity index (χ0n) is 12.1. The number of aliphatic hydroxyl groups excluding tert-OH is 1. The second-order valence-corrected chi connectivity index (χ2v) is 5.76. The molecule has 0 aromatic heterocycles. The predicted octanol–water partition coefficient (Wildman–Crippen LogP) is 0.989. The number of carbonyl (C=O) groups excluding carboxylic acids is 2. The smallest absolute Gasteiger partial charge is 0.444 e. The molecule has 2 amide bonds. The Morgan fingerprint density at radius 3 is 2.24 bits per heavy atom. The zero-order chi connectivity index (χ0) is 16.4. The van der Waals surface area contributed by atoms with Crippen molar-refractivity contribution in [1.29, 1.82) is 0 Å². The van der Waals surface area contributed by atoms with Gasteiger partial charge in [-0.25, -0.2) is 4.79 Å². The molecule has 0 bridgehead atoms. The van der Waals surface area contributed by atoms with Crippen LogP contribution < -0.4 is 0 Å². The fourth-order valence-corrected chi connectivity index (χ4v) is 1.93. The van der Waals surface area contributed by atoms with Crippen molar-refractivity contribution in [3.05, 3.63) is 0 Å². The summed E-state index contributed by atoms with van der Waals surface area (Å²) in [6, 6.07) is -1.10. The van der Waals surface area contributed by atoms with Crippen LogP contribution in [0.15, 0.2) is 0 Å². The van der Waals surface area contributed by atoms with E-state index in [4.69, 9.17) is 9.84 Å². The predicted molar refractivity (Wildman–Crippen MR) is 66.4 cm³/mol. The van der Waals surface area contributed by atoms with Crippen LogP contribution in [0.1, 0.15) is 20.8 Å². The molecule has 0 aromatic rings. The topological polar surface area (TPSA) is 70.1 Å². The lowest BCUT2D eigenvalue weighted by molar-refractivity contribution is -0.190. The molecule has 0 spiro atoms. The molecule has 122 valence electrons. The first-order chi connectivity index (χ1) is 9.45. The van der Waals surface area contributed by atoms with Crippen molar-refractivity contribution >= 4 is 12.0 Å². The fraction of sp³-hybridized carbons (Fsp3) is 0.833. The number of hydrogen-bond acceptors (Lipinski definition) is 4. The first-order valence-electron chi connectivity index (χ1n) is 6.42. The first-order valence-corrected chi connectivity index (χ1v) is 6.42. The summed E-state index contributed by atoms with van der Waals surface area (Å²) in [5.41, 5.74) is -0.731. The quantitative estimate of drug-likeness (QED) is 0.784. The lowest BCUT2D eigenvalue weighted by atomic mass is 10.1. The normalized spacial score (nSPS) is 20.4. The van der Waals surface area contributed by atoms with Crippen molar-refractivity contribution in [3.8, 4) is 0 Å². The number of rotatable bonds is 1. The van der Waals surface area contributed by atoms with Crippen LogP contribution in [0.25, 0.3) is 0 Å². The highest BCUT2D eigenvalue weighted by atomic mass is 19.4. The fourth-order valence-electron chi connectivity index (χ4n) is 1.93. The van der Waals surface area contributed by atoms with E-state index >= 15 is 0 Å². The van der Waals surface area contributed by atoms with Gasteiger partial charge in [0.15, 0.2) is 0 Å². The Balaban J connectivity index is 2.74. The molecule has 1 fully saturated rings. The van der Waals surface area contributed by atoms with E-state index in [9.17, 15) is 22.8 Å². The van der Waals surface area contributed by atoms with E-state index in [1.807, 2.05) is 0 Å². The monoisotopic (exact) mass is 312 g/mol. The number of piperazine rings is 1. The molecule has 1 saturated heterocycles. The molecule has 1 aliphatic rings. The van der Waals surface area contributed by atoms with E-state index in [2.05, 4.69) is 0 Å². The van der Waals surface area contributed by atoms with Crippen molar-refractivity contribution in [2.24, 2.45) is 0 Å². The van der Waals surface area contributed by atoms with Gasteiger partial charge in [0.05, 0.1) is 12.6 Å². The standard InChI is InChI=1S/C12H19F3N2O4/c1-11(2,3)21-10(20)16-4-5-17(8(6-16)7-18)9(19)12(13,14)15/h8,18H,4-7H2,1-3H3/t8-/m1/s1. The third kappa shape index (κ3) is 4.76. The van der Waals surface area contributed by atoms with Crippen LogP contribution in [0.4, 0.5) is 18.0 Å². The van der Waals surface area contributed by atoms with Gasteiger partial charge in [-0.05, 0) is 20.8 Å². The molecule has 6 nitrogen and oxygen atoms in total. The minimum absolute atomic E-state index is 0.0762. The highest BCUT2D eigenvalue weighted by Gasteiger charge is 2.46. The minimum atomic E-state index is -5.00. The average molecular weight is 312 g/mol. The summed E-state index contributed by atoms with van der Waals surface area (Å²) in [5.74, 6) is -2.01. The first kappa shape index (κ1) is 17.5. The summed E-state index contributed by atoms with van der Waals surface area (Å²) >= 11 is 0. The maximum Gasteiger partial charge on any atom is 0.471 e. The van der Waals surface area contributed by atoms with E-state index in [1.54, 1.807) is 20.8 Å². The minimum Gasteiger partial charge on any atom is -0.444 e. The van der Waals surface area contributed by atoms with E-state index in [1.165, 1.54) is 4.90 Å². The van der Waals surface area contributed by atoms with Crippen molar-refractivity contribution in [2.45, 2.75) is 38.6 Å². The number of hydrogen-bond donors (Lipinski definition) is 1. The Hall–Kier alpha value is -1.51. The highest BCUT2D eigenvalue weighted by Crippen LogP contribution is 2.22. The van der Waals surface area contributed by atoms with Crippen molar-refractivity contribution in [3.63, 3.8) is 0 Å². The van der Waals surface area contributed by atoms with Crippen LogP contribution in [0.5, 0.6) is 0 Å². The largest absolute Gasteiger partial charge is 0.471 e. The highest BCUT2D eigenvalue weighted by molar-refractivity contribution is 5.82. The van der Waals surface area contributed by atoms with Gasteiger partial charge in [0.2, 0.25) is 0 Å². The number of ether oxygens (including phenoxy) is 1. The lowest BCUT2D eigenvalue weighted by Crippen LogP contribution is -2.60. The average Bonchev–Trinajstić information content (AvgIpc) is 2.33. The number of nitrogens with zero attached hydrogens (tertiary/aromatic N) is 2. The Labute approximate surface area is 120 Å². The van der Waals surface area contributed by atoms with Gasteiger partial charge in [0, 0.05) is 19.6 Å². The molecule has 21 heavy (non-hydrogen) atoms. The Morgan fingerprint density at radius 1 is 1.24 bits per heavy atom. The summed E-state index contributed by atoms with van der Waals surface area (Å²) < 4.78 is 42.4. The maximum atomic E-state index is 12.4. The van der Waals surface area contributed by atoms with Gasteiger partial charge in [0.1, 0.15) is 5.60 Å². The van der Waals surface area contributed by atoms with Gasteiger partial charge in [-0.15, -0.1) is 0 Å². The van der Waals surface area contributed by atoms with E-state index in [-0.39, 0.29) is 19.6 Å². The maximum absolute atomic E-state index is 12.4. The summed E-state index contributed by atoms with van der Waals surface area (Å²) in [5, 5.41) is 9.17. The Kier molecular flexibility index (Phi) is 5.08. The van der Waals surface area contributed by atoms with Crippen LogP contribution in [-0.2, 0) is 9.53 Å². The summed E-state index contributed by atoms with van der Waals surface area (Å²) in [4.78, 5) is 24.8. The number of aliphatic hydroxyl groups is 1. The molecule has 0 radical (unpaired) electrons. The number of amides is 2. The van der Waals surface area contributed by atoms with Crippen LogP contribution in [0.2, 0.25) is 0 Å². The molecule has 9 heteroatoms. The van der Waals surface area contributed by atoms with Crippen molar-refractivity contribution < 1.29 is 32.6 Å². The third-order valence-electron chi connectivity index (χ3n) is 2.85. The molecule has 1 heterocycles. The van der Waals surface area contributed by atoms with Gasteiger partial charge < -0.3 is 19.6 Å². The second-order valence-electron chi connectivity index (χ2n) is 5.76. The zero-order valence-corrected chi connectivity index (χ0v) is 12.1. The van der Waals surface area contributed by atoms with E-state index in [0.717, 1.165) is 0 Å². The van der Waals surface area contributed by atoms with Crippen LogP contribution in [0, 0.1) is 0 Å². The molecule has 0 unspecified atom stereocenters. The molecule has 0 saturated carbocycles. The summed E-state index contributed by atoms with van der Waals surface area (Å²) in [6.45, 7) is 3.75. The number of halogens is 3.